The number of hydrogen-bond donors (Lipinski definition) is 0. The molecule has 1 saturated heterocycles. The Morgan fingerprint density at radius 2 is 1.77 bits per heavy atom. The van der Waals surface area contributed by atoms with Crippen LogP contribution in [0.1, 0.15) is 51.1 Å². The highest BCUT2D eigenvalue weighted by molar-refractivity contribution is 6.32. The Hall–Kier alpha value is -2.73. The Kier molecular flexibility index (Phi) is 5.60. The minimum absolute atomic E-state index is 0.0558. The molecule has 2 aromatic rings. The number of rotatable bonds is 3. The van der Waals surface area contributed by atoms with Gasteiger partial charge in [0.05, 0.1) is 26.2 Å². The van der Waals surface area contributed by atoms with Gasteiger partial charge in [0.15, 0.2) is 17.3 Å². The summed E-state index contributed by atoms with van der Waals surface area (Å²) in [6.07, 6.45) is 1.49. The van der Waals surface area contributed by atoms with Crippen molar-refractivity contribution in [3.63, 3.8) is 0 Å². The number of piperidine rings is 1. The first-order valence-corrected chi connectivity index (χ1v) is 10.7. The zero-order valence-corrected chi connectivity index (χ0v) is 19.0. The number of nitrogens with zero attached hydrogens (tertiary/aromatic N) is 1. The van der Waals surface area contributed by atoms with Crippen molar-refractivity contribution in [3.8, 4) is 17.2 Å². The van der Waals surface area contributed by atoms with Crippen LogP contribution in [0, 0.1) is 13.8 Å². The molecule has 2 heterocycles. The molecular weight excluding hydrogens is 418 g/mol. The van der Waals surface area contributed by atoms with Crippen molar-refractivity contribution >= 4 is 23.3 Å². The molecule has 2 aliphatic rings. The van der Waals surface area contributed by atoms with E-state index in [1.54, 1.807) is 37.3 Å². The van der Waals surface area contributed by atoms with E-state index >= 15 is 0 Å². The standard InChI is InChI=1S/C24H26ClNO5/c1-14-11-20-21(15(2)22(14)25)17(27)13-24(31-20)7-9-26(10-8-24)23(28)16-5-6-18(29-3)19(12-16)30-4/h5-6,11-12H,7-10,13H2,1-4H3. The average molecular weight is 444 g/mol. The van der Waals surface area contributed by atoms with E-state index in [9.17, 15) is 9.59 Å². The van der Waals surface area contributed by atoms with Gasteiger partial charge < -0.3 is 19.1 Å². The maximum Gasteiger partial charge on any atom is 0.253 e. The van der Waals surface area contributed by atoms with Crippen LogP contribution in [0.4, 0.5) is 0 Å². The van der Waals surface area contributed by atoms with Crippen molar-refractivity contribution in [2.24, 2.45) is 0 Å². The highest BCUT2D eigenvalue weighted by Crippen LogP contribution is 2.43. The second-order valence-corrected chi connectivity index (χ2v) is 8.63. The zero-order valence-electron chi connectivity index (χ0n) is 18.2. The number of carbonyl (C=O) groups excluding carboxylic acids is 2. The number of halogens is 1. The molecule has 7 heteroatoms. The number of aryl methyl sites for hydroxylation is 1. The summed E-state index contributed by atoms with van der Waals surface area (Å²) in [5.74, 6) is 1.69. The number of amides is 1. The lowest BCUT2D eigenvalue weighted by Gasteiger charge is -2.44. The van der Waals surface area contributed by atoms with Crippen LogP contribution in [0.5, 0.6) is 17.2 Å². The maximum absolute atomic E-state index is 13.0. The molecule has 0 aliphatic carbocycles. The van der Waals surface area contributed by atoms with Gasteiger partial charge >= 0.3 is 0 Å². The van der Waals surface area contributed by atoms with Crippen LogP contribution in [-0.4, -0.2) is 49.5 Å². The van der Waals surface area contributed by atoms with E-state index in [2.05, 4.69) is 0 Å². The Balaban J connectivity index is 1.51. The monoisotopic (exact) mass is 443 g/mol. The summed E-state index contributed by atoms with van der Waals surface area (Å²) in [5, 5.41) is 0.613. The summed E-state index contributed by atoms with van der Waals surface area (Å²) in [6, 6.07) is 7.01. The molecule has 0 radical (unpaired) electrons. The third-order valence-corrected chi connectivity index (χ3v) is 6.91. The number of Topliss-reactive ketones (excluding diaryl/α,β-unsaturated/α-hetero) is 1. The fourth-order valence-electron chi connectivity index (χ4n) is 4.55. The lowest BCUT2D eigenvalue weighted by atomic mass is 9.81. The molecule has 0 atom stereocenters. The van der Waals surface area contributed by atoms with E-state index < -0.39 is 5.60 Å². The number of methoxy groups -OCH3 is 2. The number of hydrogen-bond acceptors (Lipinski definition) is 5. The quantitative estimate of drug-likeness (QED) is 0.692. The molecule has 2 aliphatic heterocycles. The van der Waals surface area contributed by atoms with Gasteiger partial charge in [-0.3, -0.25) is 9.59 Å². The van der Waals surface area contributed by atoms with E-state index in [1.807, 2.05) is 19.9 Å². The molecule has 1 spiro atoms. The SMILES string of the molecule is COc1ccc(C(=O)N2CCC3(CC2)CC(=O)c2c(cc(C)c(Cl)c2C)O3)cc1OC. The Morgan fingerprint density at radius 3 is 2.42 bits per heavy atom. The Morgan fingerprint density at radius 1 is 1.10 bits per heavy atom. The molecule has 0 aromatic heterocycles. The molecule has 0 saturated carbocycles. The van der Waals surface area contributed by atoms with Gasteiger partial charge in [0.2, 0.25) is 0 Å². The van der Waals surface area contributed by atoms with Gasteiger partial charge in [-0.1, -0.05) is 11.6 Å². The normalized spacial score (nSPS) is 17.2. The number of ether oxygens (including phenoxy) is 3. The van der Waals surface area contributed by atoms with Crippen LogP contribution in [0.15, 0.2) is 24.3 Å². The van der Waals surface area contributed by atoms with Crippen molar-refractivity contribution in [1.82, 2.24) is 4.90 Å². The number of ketones is 1. The smallest absolute Gasteiger partial charge is 0.253 e. The number of likely N-dealkylation sites (tertiary alicyclic amines) is 1. The second kappa shape index (κ2) is 8.08. The van der Waals surface area contributed by atoms with Crippen molar-refractivity contribution in [1.29, 1.82) is 0 Å². The van der Waals surface area contributed by atoms with Crippen molar-refractivity contribution in [3.05, 3.63) is 51.5 Å². The first-order chi connectivity index (χ1) is 14.8. The minimum atomic E-state index is -0.578. The van der Waals surface area contributed by atoms with E-state index in [0.717, 1.165) is 11.1 Å². The molecule has 0 unspecified atom stereocenters. The molecule has 6 nitrogen and oxygen atoms in total. The fourth-order valence-corrected chi connectivity index (χ4v) is 4.70. The van der Waals surface area contributed by atoms with E-state index in [0.29, 0.717) is 65.8 Å². The van der Waals surface area contributed by atoms with Gasteiger partial charge in [-0.25, -0.2) is 0 Å². The fraction of sp³-hybridized carbons (Fsp3) is 0.417. The lowest BCUT2D eigenvalue weighted by Crippen LogP contribution is -2.52. The predicted molar refractivity (Wildman–Crippen MR) is 118 cm³/mol. The van der Waals surface area contributed by atoms with Crippen LogP contribution in [0.25, 0.3) is 0 Å². The third kappa shape index (κ3) is 3.74. The summed E-state index contributed by atoms with van der Waals surface area (Å²) in [4.78, 5) is 27.8. The molecule has 2 aromatic carbocycles. The number of fused-ring (bicyclic) bond motifs is 1. The van der Waals surface area contributed by atoms with Crippen LogP contribution >= 0.6 is 11.6 Å². The van der Waals surface area contributed by atoms with Gasteiger partial charge in [0.25, 0.3) is 5.91 Å². The highest BCUT2D eigenvalue weighted by atomic mass is 35.5. The number of carbonyl (C=O) groups is 2. The number of benzene rings is 2. The third-order valence-electron chi connectivity index (χ3n) is 6.32. The molecule has 0 bridgehead atoms. The molecule has 4 rings (SSSR count). The van der Waals surface area contributed by atoms with Gasteiger partial charge in [-0.15, -0.1) is 0 Å². The highest BCUT2D eigenvalue weighted by Gasteiger charge is 2.44. The van der Waals surface area contributed by atoms with Gasteiger partial charge in [-0.05, 0) is 49.2 Å². The van der Waals surface area contributed by atoms with Crippen LogP contribution in [0.2, 0.25) is 5.02 Å². The topological polar surface area (TPSA) is 65.1 Å². The molecule has 31 heavy (non-hydrogen) atoms. The predicted octanol–water partition coefficient (Wildman–Crippen LogP) is 4.61. The van der Waals surface area contributed by atoms with Crippen molar-refractivity contribution in [2.75, 3.05) is 27.3 Å². The van der Waals surface area contributed by atoms with Crippen LogP contribution < -0.4 is 14.2 Å². The average Bonchev–Trinajstić information content (AvgIpc) is 2.76. The largest absolute Gasteiger partial charge is 0.493 e. The molecule has 1 amide bonds. The summed E-state index contributed by atoms with van der Waals surface area (Å²) in [5.41, 5.74) is 2.22. The molecular formula is C24H26ClNO5. The van der Waals surface area contributed by atoms with Gasteiger partial charge in [0.1, 0.15) is 11.4 Å². The van der Waals surface area contributed by atoms with Gasteiger partial charge in [0, 0.05) is 36.5 Å². The first-order valence-electron chi connectivity index (χ1n) is 10.3. The van der Waals surface area contributed by atoms with E-state index in [-0.39, 0.29) is 11.7 Å². The van der Waals surface area contributed by atoms with Crippen molar-refractivity contribution in [2.45, 2.75) is 38.7 Å². The van der Waals surface area contributed by atoms with Crippen LogP contribution in [-0.2, 0) is 0 Å². The Labute approximate surface area is 187 Å². The Bertz CT molecular complexity index is 1060. The summed E-state index contributed by atoms with van der Waals surface area (Å²) < 4.78 is 17.0. The van der Waals surface area contributed by atoms with Crippen molar-refractivity contribution < 1.29 is 23.8 Å². The second-order valence-electron chi connectivity index (χ2n) is 8.25. The maximum atomic E-state index is 13.0. The van der Waals surface area contributed by atoms with Gasteiger partial charge in [-0.2, -0.15) is 0 Å². The molecule has 0 N–H and O–H groups in total. The summed E-state index contributed by atoms with van der Waals surface area (Å²) >= 11 is 6.34. The summed E-state index contributed by atoms with van der Waals surface area (Å²) in [7, 11) is 3.10. The minimum Gasteiger partial charge on any atom is -0.493 e. The van der Waals surface area contributed by atoms with Crippen LogP contribution in [0.3, 0.4) is 0 Å². The summed E-state index contributed by atoms with van der Waals surface area (Å²) in [6.45, 7) is 4.80. The lowest BCUT2D eigenvalue weighted by molar-refractivity contribution is -0.00581. The first kappa shape index (κ1) is 21.5. The zero-order chi connectivity index (χ0) is 22.3. The van der Waals surface area contributed by atoms with E-state index in [1.165, 1.54) is 0 Å². The molecule has 1 fully saturated rings. The molecule has 164 valence electrons. The van der Waals surface area contributed by atoms with E-state index in [4.69, 9.17) is 25.8 Å².